The molecule has 0 radical (unpaired) electrons. The van der Waals surface area contributed by atoms with Crippen LogP contribution >= 0.6 is 0 Å². The molecule has 0 fully saturated rings. The Morgan fingerprint density at radius 3 is 1.81 bits per heavy atom. The molecule has 5 nitrogen and oxygen atoms in total. The highest BCUT2D eigenvalue weighted by Gasteiger charge is 2.35. The van der Waals surface area contributed by atoms with E-state index < -0.39 is 29.2 Å². The molecule has 0 heterocycles. The molecule has 1 unspecified atom stereocenters. The fourth-order valence-corrected chi connectivity index (χ4v) is 2.99. The minimum absolute atomic E-state index is 0.171. The summed E-state index contributed by atoms with van der Waals surface area (Å²) < 4.78 is 4.83. The summed E-state index contributed by atoms with van der Waals surface area (Å²) in [5.74, 6) is -3.52. The van der Waals surface area contributed by atoms with Crippen molar-refractivity contribution in [2.75, 3.05) is 7.11 Å². The van der Waals surface area contributed by atoms with Gasteiger partial charge in [0.05, 0.1) is 7.11 Å². The van der Waals surface area contributed by atoms with Gasteiger partial charge in [0, 0.05) is 5.57 Å². The van der Waals surface area contributed by atoms with Crippen LogP contribution in [0.1, 0.15) is 11.1 Å². The zero-order valence-electron chi connectivity index (χ0n) is 14.1. The van der Waals surface area contributed by atoms with Crippen molar-refractivity contribution in [2.24, 2.45) is 5.92 Å². The minimum Gasteiger partial charge on any atom is -0.504 e. The van der Waals surface area contributed by atoms with Crippen molar-refractivity contribution < 1.29 is 24.9 Å². The first-order chi connectivity index (χ1) is 12.5. The SMILES string of the molecule is COC(=O)C1C=C(O)C(O)=C(O)C1=C(c1ccccc1)c1ccccc1. The number of hydrogen-bond acceptors (Lipinski definition) is 5. The van der Waals surface area contributed by atoms with Gasteiger partial charge in [-0.1, -0.05) is 60.7 Å². The molecule has 0 aromatic heterocycles. The maximum absolute atomic E-state index is 12.3. The van der Waals surface area contributed by atoms with Crippen molar-refractivity contribution in [3.63, 3.8) is 0 Å². The predicted octanol–water partition coefficient (Wildman–Crippen LogP) is 4.06. The molecule has 1 aliphatic carbocycles. The third-order valence-electron chi connectivity index (χ3n) is 4.21. The van der Waals surface area contributed by atoms with Gasteiger partial charge in [-0.3, -0.25) is 4.79 Å². The highest BCUT2D eigenvalue weighted by molar-refractivity contribution is 5.91. The molecule has 0 saturated carbocycles. The molecule has 0 amide bonds. The van der Waals surface area contributed by atoms with Gasteiger partial charge in [-0.2, -0.15) is 0 Å². The molecule has 0 bridgehead atoms. The second-order valence-corrected chi connectivity index (χ2v) is 5.77. The van der Waals surface area contributed by atoms with Gasteiger partial charge in [0.2, 0.25) is 0 Å². The van der Waals surface area contributed by atoms with Gasteiger partial charge in [0.1, 0.15) is 5.92 Å². The highest BCUT2D eigenvalue weighted by Crippen LogP contribution is 2.39. The molecule has 2 aromatic carbocycles. The van der Waals surface area contributed by atoms with E-state index in [1.54, 1.807) is 0 Å². The van der Waals surface area contributed by atoms with Crippen LogP contribution in [0.4, 0.5) is 0 Å². The zero-order chi connectivity index (χ0) is 18.7. The van der Waals surface area contributed by atoms with Crippen LogP contribution in [0.3, 0.4) is 0 Å². The van der Waals surface area contributed by atoms with Crippen LogP contribution in [0.2, 0.25) is 0 Å². The maximum atomic E-state index is 12.3. The van der Waals surface area contributed by atoms with E-state index in [-0.39, 0.29) is 5.57 Å². The van der Waals surface area contributed by atoms with Crippen molar-refractivity contribution >= 4 is 11.5 Å². The van der Waals surface area contributed by atoms with E-state index in [4.69, 9.17) is 4.74 Å². The molecule has 1 aliphatic rings. The summed E-state index contributed by atoms with van der Waals surface area (Å²) in [7, 11) is 1.23. The lowest BCUT2D eigenvalue weighted by molar-refractivity contribution is -0.142. The summed E-state index contributed by atoms with van der Waals surface area (Å²) in [6.45, 7) is 0. The van der Waals surface area contributed by atoms with Crippen LogP contribution in [0.15, 0.2) is 89.6 Å². The summed E-state index contributed by atoms with van der Waals surface area (Å²) in [5, 5.41) is 30.5. The molecule has 3 N–H and O–H groups in total. The second-order valence-electron chi connectivity index (χ2n) is 5.77. The molecule has 1 atom stereocenters. The molecule has 0 aliphatic heterocycles. The minimum atomic E-state index is -1.06. The Kier molecular flexibility index (Phi) is 4.80. The first-order valence-corrected chi connectivity index (χ1v) is 8.01. The molecule has 2 aromatic rings. The van der Waals surface area contributed by atoms with Crippen LogP contribution in [0.25, 0.3) is 5.57 Å². The van der Waals surface area contributed by atoms with Crippen molar-refractivity contribution in [2.45, 2.75) is 0 Å². The predicted molar refractivity (Wildman–Crippen MR) is 97.4 cm³/mol. The van der Waals surface area contributed by atoms with E-state index in [9.17, 15) is 20.1 Å². The normalized spacial score (nSPS) is 16.9. The number of methoxy groups -OCH3 is 1. The Morgan fingerprint density at radius 2 is 1.35 bits per heavy atom. The average molecular weight is 350 g/mol. The fraction of sp³-hybridized carbons (Fsp3) is 0.0952. The summed E-state index contributed by atoms with van der Waals surface area (Å²) in [6.07, 6.45) is 1.17. The Balaban J connectivity index is 2.37. The number of ether oxygens (including phenoxy) is 1. The monoisotopic (exact) mass is 350 g/mol. The first-order valence-electron chi connectivity index (χ1n) is 8.01. The van der Waals surface area contributed by atoms with E-state index in [2.05, 4.69) is 0 Å². The van der Waals surface area contributed by atoms with Crippen LogP contribution in [0.5, 0.6) is 0 Å². The van der Waals surface area contributed by atoms with Gasteiger partial charge in [0.15, 0.2) is 17.3 Å². The smallest absolute Gasteiger partial charge is 0.317 e. The third-order valence-corrected chi connectivity index (χ3v) is 4.21. The van der Waals surface area contributed by atoms with Crippen molar-refractivity contribution in [1.29, 1.82) is 0 Å². The summed E-state index contributed by atoms with van der Waals surface area (Å²) in [5.41, 5.74) is 2.23. The maximum Gasteiger partial charge on any atom is 0.317 e. The molecule has 132 valence electrons. The van der Waals surface area contributed by atoms with Gasteiger partial charge in [-0.25, -0.2) is 0 Å². The number of benzene rings is 2. The van der Waals surface area contributed by atoms with Crippen LogP contribution in [-0.2, 0) is 9.53 Å². The van der Waals surface area contributed by atoms with Gasteiger partial charge in [-0.15, -0.1) is 0 Å². The van der Waals surface area contributed by atoms with Gasteiger partial charge in [0.25, 0.3) is 0 Å². The summed E-state index contributed by atoms with van der Waals surface area (Å²) in [4.78, 5) is 12.3. The van der Waals surface area contributed by atoms with E-state index >= 15 is 0 Å². The molecule has 5 heteroatoms. The van der Waals surface area contributed by atoms with Gasteiger partial charge in [-0.05, 0) is 22.8 Å². The molecular formula is C21H18O5. The number of aliphatic hydroxyl groups excluding tert-OH is 3. The quantitative estimate of drug-likeness (QED) is 0.727. The summed E-state index contributed by atoms with van der Waals surface area (Å²) >= 11 is 0. The number of carbonyl (C=O) groups excluding carboxylic acids is 1. The second kappa shape index (κ2) is 7.19. The zero-order valence-corrected chi connectivity index (χ0v) is 14.1. The number of esters is 1. The standard InChI is InChI=1S/C21H18O5/c1-26-21(25)15-12-16(22)19(23)20(24)18(15)17(13-8-4-2-5-9-13)14-10-6-3-7-11-14/h2-12,15,22-24H,1H3. The number of carbonyl (C=O) groups is 1. The van der Waals surface area contributed by atoms with Gasteiger partial charge < -0.3 is 20.1 Å². The average Bonchev–Trinajstić information content (AvgIpc) is 2.69. The van der Waals surface area contributed by atoms with Crippen molar-refractivity contribution in [3.8, 4) is 0 Å². The van der Waals surface area contributed by atoms with Crippen LogP contribution in [0, 0.1) is 5.92 Å². The largest absolute Gasteiger partial charge is 0.504 e. The Bertz CT molecular complexity index is 866. The highest BCUT2D eigenvalue weighted by atomic mass is 16.5. The third kappa shape index (κ3) is 3.07. The van der Waals surface area contributed by atoms with E-state index in [1.165, 1.54) is 13.2 Å². The Morgan fingerprint density at radius 1 is 0.846 bits per heavy atom. The number of rotatable bonds is 3. The molecule has 0 spiro atoms. The van der Waals surface area contributed by atoms with E-state index in [0.717, 1.165) is 11.1 Å². The van der Waals surface area contributed by atoms with Crippen molar-refractivity contribution in [3.05, 3.63) is 101 Å². The van der Waals surface area contributed by atoms with Gasteiger partial charge >= 0.3 is 5.97 Å². The van der Waals surface area contributed by atoms with E-state index in [1.807, 2.05) is 60.7 Å². The lowest BCUT2D eigenvalue weighted by atomic mass is 9.82. The molecule has 26 heavy (non-hydrogen) atoms. The lowest BCUT2D eigenvalue weighted by Gasteiger charge is -2.24. The molecule has 3 rings (SSSR count). The number of aliphatic hydroxyl groups is 3. The lowest BCUT2D eigenvalue weighted by Crippen LogP contribution is -2.24. The number of hydrogen-bond donors (Lipinski definition) is 3. The van der Waals surface area contributed by atoms with Crippen molar-refractivity contribution in [1.82, 2.24) is 0 Å². The van der Waals surface area contributed by atoms with Crippen LogP contribution < -0.4 is 0 Å². The number of allylic oxidation sites excluding steroid dienone is 1. The first kappa shape index (κ1) is 17.4. The fourth-order valence-electron chi connectivity index (χ4n) is 2.99. The molecular weight excluding hydrogens is 332 g/mol. The Hall–Kier alpha value is -3.47. The van der Waals surface area contributed by atoms with E-state index in [0.29, 0.717) is 5.57 Å². The molecule has 0 saturated heterocycles. The van der Waals surface area contributed by atoms with Crippen LogP contribution in [-0.4, -0.2) is 28.4 Å². The Labute approximate surface area is 150 Å². The summed E-state index contributed by atoms with van der Waals surface area (Å²) in [6, 6.07) is 18.4. The topological polar surface area (TPSA) is 87.0 Å².